The molecular formula is C15H18N4OS. The second-order valence-corrected chi connectivity index (χ2v) is 6.15. The predicted octanol–water partition coefficient (Wildman–Crippen LogP) is 2.72. The van der Waals surface area contributed by atoms with Gasteiger partial charge in [-0.1, -0.05) is 23.9 Å². The van der Waals surface area contributed by atoms with Crippen LogP contribution in [0.1, 0.15) is 35.2 Å². The van der Waals surface area contributed by atoms with Gasteiger partial charge in [0.15, 0.2) is 0 Å². The Balaban J connectivity index is 1.66. The van der Waals surface area contributed by atoms with Crippen molar-refractivity contribution in [1.82, 2.24) is 20.3 Å². The molecule has 1 saturated heterocycles. The number of rotatable bonds is 4. The number of thioether (sulfide) groups is 1. The Labute approximate surface area is 128 Å². The highest BCUT2D eigenvalue weighted by Crippen LogP contribution is 2.21. The van der Waals surface area contributed by atoms with Gasteiger partial charge in [-0.3, -0.25) is 4.79 Å². The summed E-state index contributed by atoms with van der Waals surface area (Å²) in [4.78, 5) is 14.4. The lowest BCUT2D eigenvalue weighted by molar-refractivity contribution is 0.0724. The third-order valence-electron chi connectivity index (χ3n) is 3.60. The number of aromatic amines is 1. The summed E-state index contributed by atoms with van der Waals surface area (Å²) in [6.07, 6.45) is 5.17. The molecule has 2 heterocycles. The van der Waals surface area contributed by atoms with Crippen LogP contribution in [-0.2, 0) is 5.75 Å². The number of benzene rings is 1. The highest BCUT2D eigenvalue weighted by molar-refractivity contribution is 7.98. The fourth-order valence-corrected chi connectivity index (χ4v) is 3.22. The second kappa shape index (κ2) is 6.76. The Bertz CT molecular complexity index is 593. The zero-order valence-corrected chi connectivity index (χ0v) is 12.6. The van der Waals surface area contributed by atoms with Gasteiger partial charge in [0.25, 0.3) is 5.91 Å². The van der Waals surface area contributed by atoms with Crippen LogP contribution in [0.5, 0.6) is 0 Å². The zero-order chi connectivity index (χ0) is 14.5. The maximum Gasteiger partial charge on any atom is 0.253 e. The number of hydrogen-bond donors (Lipinski definition) is 1. The Hall–Kier alpha value is -1.82. The van der Waals surface area contributed by atoms with E-state index in [9.17, 15) is 4.79 Å². The lowest BCUT2D eigenvalue weighted by Crippen LogP contribution is -2.35. The highest BCUT2D eigenvalue weighted by atomic mass is 32.2. The topological polar surface area (TPSA) is 61.9 Å². The summed E-state index contributed by atoms with van der Waals surface area (Å²) in [7, 11) is 0. The first-order chi connectivity index (χ1) is 10.3. The standard InChI is InChI=1S/C15H18N4OS/c20-15(19-7-2-1-3-8-19)13-6-4-5-12(9-13)11-21-14-10-16-18-17-14/h4-6,9-10H,1-3,7-8,11H2,(H,16,17,18). The van der Waals surface area contributed by atoms with E-state index in [1.807, 2.05) is 29.2 Å². The molecule has 1 amide bonds. The van der Waals surface area contributed by atoms with Gasteiger partial charge in [0.2, 0.25) is 0 Å². The van der Waals surface area contributed by atoms with Gasteiger partial charge >= 0.3 is 0 Å². The fourth-order valence-electron chi connectivity index (χ4n) is 2.49. The maximum absolute atomic E-state index is 12.5. The van der Waals surface area contributed by atoms with Crippen LogP contribution < -0.4 is 0 Å². The summed E-state index contributed by atoms with van der Waals surface area (Å²) in [6.45, 7) is 1.77. The molecule has 0 spiro atoms. The van der Waals surface area contributed by atoms with Crippen molar-refractivity contribution >= 4 is 17.7 Å². The van der Waals surface area contributed by atoms with Crippen molar-refractivity contribution in [1.29, 1.82) is 0 Å². The monoisotopic (exact) mass is 302 g/mol. The first-order valence-electron chi connectivity index (χ1n) is 7.20. The van der Waals surface area contributed by atoms with Gasteiger partial charge in [0.05, 0.1) is 6.20 Å². The van der Waals surface area contributed by atoms with Gasteiger partial charge in [-0.15, -0.1) is 5.10 Å². The number of carbonyl (C=O) groups is 1. The minimum Gasteiger partial charge on any atom is -0.339 e. The van der Waals surface area contributed by atoms with Crippen LogP contribution in [0, 0.1) is 0 Å². The maximum atomic E-state index is 12.5. The van der Waals surface area contributed by atoms with Crippen molar-refractivity contribution in [3.63, 3.8) is 0 Å². The van der Waals surface area contributed by atoms with Crippen LogP contribution >= 0.6 is 11.8 Å². The number of likely N-dealkylation sites (tertiary alicyclic amines) is 1. The third kappa shape index (κ3) is 3.64. The molecule has 5 nitrogen and oxygen atoms in total. The average Bonchev–Trinajstić information content (AvgIpc) is 3.07. The largest absolute Gasteiger partial charge is 0.339 e. The molecule has 110 valence electrons. The molecular weight excluding hydrogens is 284 g/mol. The Kier molecular flexibility index (Phi) is 4.55. The average molecular weight is 302 g/mol. The summed E-state index contributed by atoms with van der Waals surface area (Å²) in [5.41, 5.74) is 1.92. The normalized spacial score (nSPS) is 15.1. The Morgan fingerprint density at radius 3 is 2.90 bits per heavy atom. The molecule has 1 N–H and O–H groups in total. The molecule has 1 aliphatic heterocycles. The number of amides is 1. The van der Waals surface area contributed by atoms with E-state index in [4.69, 9.17) is 0 Å². The van der Waals surface area contributed by atoms with E-state index in [1.54, 1.807) is 18.0 Å². The Morgan fingerprint density at radius 1 is 1.29 bits per heavy atom. The van der Waals surface area contributed by atoms with Crippen LogP contribution in [0.15, 0.2) is 35.5 Å². The summed E-state index contributed by atoms with van der Waals surface area (Å²) in [5, 5.41) is 11.3. The van der Waals surface area contributed by atoms with E-state index < -0.39 is 0 Å². The van der Waals surface area contributed by atoms with E-state index in [0.29, 0.717) is 0 Å². The quantitative estimate of drug-likeness (QED) is 0.882. The minimum atomic E-state index is 0.156. The molecule has 1 aromatic heterocycles. The molecule has 2 aromatic rings. The number of nitrogens with one attached hydrogen (secondary N) is 1. The molecule has 0 aliphatic carbocycles. The molecule has 0 unspecified atom stereocenters. The van der Waals surface area contributed by atoms with Crippen LogP contribution in [0.3, 0.4) is 0 Å². The molecule has 3 rings (SSSR count). The number of carbonyl (C=O) groups excluding carboxylic acids is 1. The molecule has 0 bridgehead atoms. The molecule has 6 heteroatoms. The summed E-state index contributed by atoms with van der Waals surface area (Å²) >= 11 is 1.61. The summed E-state index contributed by atoms with van der Waals surface area (Å²) in [6, 6.07) is 7.89. The van der Waals surface area contributed by atoms with E-state index >= 15 is 0 Å². The molecule has 0 radical (unpaired) electrons. The van der Waals surface area contributed by atoms with Gasteiger partial charge in [0.1, 0.15) is 5.03 Å². The number of aromatic nitrogens is 3. The van der Waals surface area contributed by atoms with Gasteiger partial charge in [0, 0.05) is 24.4 Å². The fraction of sp³-hybridized carbons (Fsp3) is 0.400. The zero-order valence-electron chi connectivity index (χ0n) is 11.8. The number of hydrogen-bond acceptors (Lipinski definition) is 4. The van der Waals surface area contributed by atoms with Crippen molar-refractivity contribution in [2.75, 3.05) is 13.1 Å². The van der Waals surface area contributed by atoms with Crippen molar-refractivity contribution in [2.24, 2.45) is 0 Å². The molecule has 1 fully saturated rings. The van der Waals surface area contributed by atoms with Gasteiger partial charge < -0.3 is 4.90 Å². The van der Waals surface area contributed by atoms with E-state index in [-0.39, 0.29) is 5.91 Å². The number of H-pyrrole nitrogens is 1. The van der Waals surface area contributed by atoms with Gasteiger partial charge in [-0.25, -0.2) is 0 Å². The van der Waals surface area contributed by atoms with Crippen molar-refractivity contribution in [3.8, 4) is 0 Å². The first-order valence-corrected chi connectivity index (χ1v) is 8.18. The molecule has 0 atom stereocenters. The lowest BCUT2D eigenvalue weighted by Gasteiger charge is -2.26. The van der Waals surface area contributed by atoms with E-state index in [0.717, 1.165) is 47.8 Å². The first kappa shape index (κ1) is 14.1. The van der Waals surface area contributed by atoms with Crippen LogP contribution in [0.25, 0.3) is 0 Å². The van der Waals surface area contributed by atoms with Crippen molar-refractivity contribution in [3.05, 3.63) is 41.6 Å². The van der Waals surface area contributed by atoms with E-state index in [1.165, 1.54) is 6.42 Å². The van der Waals surface area contributed by atoms with Crippen LogP contribution in [0.2, 0.25) is 0 Å². The van der Waals surface area contributed by atoms with Crippen LogP contribution in [-0.4, -0.2) is 39.3 Å². The van der Waals surface area contributed by atoms with Gasteiger partial charge in [-0.2, -0.15) is 10.3 Å². The smallest absolute Gasteiger partial charge is 0.253 e. The molecule has 21 heavy (non-hydrogen) atoms. The third-order valence-corrected chi connectivity index (χ3v) is 4.57. The van der Waals surface area contributed by atoms with Gasteiger partial charge in [-0.05, 0) is 37.0 Å². The van der Waals surface area contributed by atoms with Crippen LogP contribution in [0.4, 0.5) is 0 Å². The molecule has 0 saturated carbocycles. The van der Waals surface area contributed by atoms with Crippen molar-refractivity contribution < 1.29 is 4.79 Å². The van der Waals surface area contributed by atoms with E-state index in [2.05, 4.69) is 15.4 Å². The SMILES string of the molecule is O=C(c1cccc(CSc2cn[nH]n2)c1)N1CCCCC1. The predicted molar refractivity (Wildman–Crippen MR) is 82.1 cm³/mol. The second-order valence-electron chi connectivity index (χ2n) is 5.15. The number of piperidine rings is 1. The molecule has 1 aromatic carbocycles. The Morgan fingerprint density at radius 2 is 2.14 bits per heavy atom. The summed E-state index contributed by atoms with van der Waals surface area (Å²) < 4.78 is 0. The minimum absolute atomic E-state index is 0.156. The van der Waals surface area contributed by atoms with Crippen molar-refractivity contribution in [2.45, 2.75) is 30.0 Å². The summed E-state index contributed by atoms with van der Waals surface area (Å²) in [5.74, 6) is 0.941. The lowest BCUT2D eigenvalue weighted by atomic mass is 10.1. The molecule has 1 aliphatic rings. The number of nitrogens with zero attached hydrogens (tertiary/aromatic N) is 3. The highest BCUT2D eigenvalue weighted by Gasteiger charge is 2.18.